The Morgan fingerprint density at radius 3 is 1.61 bits per heavy atom. The highest BCUT2D eigenvalue weighted by molar-refractivity contribution is 5.89. The molecule has 9 nitrogen and oxygen atoms in total. The lowest BCUT2D eigenvalue weighted by atomic mass is 9.79. The number of Topliss-reactive ketones (excluding diaryl/α,β-unsaturated/α-hetero) is 1. The fourth-order valence-electron chi connectivity index (χ4n) is 10.6. The van der Waals surface area contributed by atoms with Crippen molar-refractivity contribution in [2.75, 3.05) is 36.8 Å². The summed E-state index contributed by atoms with van der Waals surface area (Å²) in [6.07, 6.45) is 15.9. The molecule has 2 spiro atoms. The van der Waals surface area contributed by atoms with E-state index in [1.807, 2.05) is 42.5 Å². The zero-order valence-corrected chi connectivity index (χ0v) is 28.7. The number of benzene rings is 2. The van der Waals surface area contributed by atoms with E-state index in [0.29, 0.717) is 5.78 Å². The van der Waals surface area contributed by atoms with Gasteiger partial charge in [0, 0.05) is 68.8 Å². The van der Waals surface area contributed by atoms with Crippen LogP contribution in [0.5, 0.6) is 0 Å². The number of nitrogens with zero attached hydrogens (tertiary/aromatic N) is 1. The molecule has 2 aromatic carbocycles. The van der Waals surface area contributed by atoms with Gasteiger partial charge in [-0.05, 0) is 87.4 Å². The molecule has 0 aromatic heterocycles. The summed E-state index contributed by atoms with van der Waals surface area (Å²) in [7, 11) is 0. The molecule has 4 atom stereocenters. The number of ketones is 1. The number of para-hydroxylation sites is 2. The third-order valence-corrected chi connectivity index (χ3v) is 13.0. The molecule has 4 heterocycles. The van der Waals surface area contributed by atoms with E-state index in [1.165, 1.54) is 51.4 Å². The Labute approximate surface area is 290 Å². The zero-order chi connectivity index (χ0) is 33.4. The van der Waals surface area contributed by atoms with Crippen LogP contribution in [0.2, 0.25) is 0 Å². The van der Waals surface area contributed by atoms with E-state index in [2.05, 4.69) is 26.9 Å². The number of fused-ring (bicyclic) bond motifs is 8. The molecule has 49 heavy (non-hydrogen) atoms. The van der Waals surface area contributed by atoms with Gasteiger partial charge in [0.15, 0.2) is 0 Å². The molecule has 0 radical (unpaired) electrons. The monoisotopic (exact) mass is 668 g/mol. The second-order valence-corrected chi connectivity index (χ2v) is 16.1. The highest BCUT2D eigenvalue weighted by Crippen LogP contribution is 2.48. The van der Waals surface area contributed by atoms with Crippen molar-refractivity contribution in [3.63, 3.8) is 0 Å². The summed E-state index contributed by atoms with van der Waals surface area (Å²) in [5, 5.41) is 8.89. The molecule has 4 aliphatic carbocycles. The summed E-state index contributed by atoms with van der Waals surface area (Å²) in [4.78, 5) is 37.2. The van der Waals surface area contributed by atoms with E-state index in [9.17, 15) is 14.4 Å². The van der Waals surface area contributed by atoms with Crippen molar-refractivity contribution in [2.45, 2.75) is 107 Å². The molecule has 4 unspecified atom stereocenters. The van der Waals surface area contributed by atoms with Gasteiger partial charge in [0.05, 0.1) is 11.4 Å². The van der Waals surface area contributed by atoms with Crippen LogP contribution < -0.4 is 16.0 Å². The molecule has 2 amide bonds. The van der Waals surface area contributed by atoms with E-state index in [4.69, 9.17) is 9.47 Å². The predicted molar refractivity (Wildman–Crippen MR) is 188 cm³/mol. The number of nitrogens with one attached hydrogen (secondary N) is 3. The van der Waals surface area contributed by atoms with Crippen molar-refractivity contribution in [1.82, 2.24) is 10.2 Å². The van der Waals surface area contributed by atoms with Crippen LogP contribution in [-0.4, -0.2) is 55.1 Å². The molecule has 4 aliphatic heterocycles. The first-order valence-electron chi connectivity index (χ1n) is 19.0. The fraction of sp³-hybridized carbons (Fsp3) is 0.625. The van der Waals surface area contributed by atoms with Crippen molar-refractivity contribution in [3.05, 3.63) is 59.7 Å². The van der Waals surface area contributed by atoms with Gasteiger partial charge in [0.25, 0.3) is 0 Å². The third-order valence-electron chi connectivity index (χ3n) is 13.0. The van der Waals surface area contributed by atoms with Crippen LogP contribution in [0.4, 0.5) is 21.0 Å². The summed E-state index contributed by atoms with van der Waals surface area (Å²) in [6.45, 7) is 3.88. The standard InChI is InChI=1S/C20H26N2O2.C12H14N2O2.C8H12O/c23-19-21-18-4-2-1-3-17(18)20(24-19)7-9-22(10-8-20)16-12-14-5-6-15(11-14)13-16;15-11-14-10-4-2-1-3-9(10)12(16-11)5-7-13-8-6-12;9-8-4-6-1-2-7(3-6)5-8/h1-4,14-16H,5-13H2,(H,21,23);1-4,13H,5-8H2,(H,14,15);6-7H,1-5H2. The van der Waals surface area contributed by atoms with Gasteiger partial charge in [-0.1, -0.05) is 49.2 Å². The van der Waals surface area contributed by atoms with E-state index in [0.717, 1.165) is 117 Å². The first kappa shape index (κ1) is 32.8. The summed E-state index contributed by atoms with van der Waals surface area (Å²) in [5.41, 5.74) is 3.26. The van der Waals surface area contributed by atoms with Crippen LogP contribution in [0.15, 0.2) is 48.5 Å². The van der Waals surface area contributed by atoms with Crippen LogP contribution in [0.1, 0.15) is 101 Å². The van der Waals surface area contributed by atoms with Gasteiger partial charge in [0.2, 0.25) is 0 Å². The van der Waals surface area contributed by atoms with E-state index in [-0.39, 0.29) is 12.2 Å². The van der Waals surface area contributed by atoms with E-state index in [1.54, 1.807) is 0 Å². The van der Waals surface area contributed by atoms with E-state index >= 15 is 0 Å². The molecule has 4 saturated carbocycles. The Morgan fingerprint density at radius 2 is 1.06 bits per heavy atom. The minimum Gasteiger partial charge on any atom is -0.438 e. The van der Waals surface area contributed by atoms with Gasteiger partial charge in [-0.3, -0.25) is 15.4 Å². The highest BCUT2D eigenvalue weighted by Gasteiger charge is 2.47. The van der Waals surface area contributed by atoms with Gasteiger partial charge in [-0.2, -0.15) is 0 Å². The Kier molecular flexibility index (Phi) is 9.16. The lowest BCUT2D eigenvalue weighted by Gasteiger charge is -2.47. The number of rotatable bonds is 1. The highest BCUT2D eigenvalue weighted by atomic mass is 16.6. The summed E-state index contributed by atoms with van der Waals surface area (Å²) < 4.78 is 11.4. The van der Waals surface area contributed by atoms with E-state index < -0.39 is 11.2 Å². The molecular weight excluding hydrogens is 616 g/mol. The molecule has 9 heteroatoms. The lowest BCUT2D eigenvalue weighted by molar-refractivity contribution is -0.121. The van der Waals surface area contributed by atoms with Gasteiger partial charge in [0.1, 0.15) is 17.0 Å². The number of hydrogen-bond acceptors (Lipinski definition) is 7. The van der Waals surface area contributed by atoms with Gasteiger partial charge in [-0.15, -0.1) is 0 Å². The lowest BCUT2D eigenvalue weighted by Crippen LogP contribution is -2.51. The first-order valence-corrected chi connectivity index (χ1v) is 19.0. The largest absolute Gasteiger partial charge is 0.438 e. The number of carbonyl (C=O) groups excluding carboxylic acids is 3. The van der Waals surface area contributed by atoms with Crippen molar-refractivity contribution in [2.24, 2.45) is 23.7 Å². The number of piperidine rings is 2. The van der Waals surface area contributed by atoms with Crippen molar-refractivity contribution in [1.29, 1.82) is 0 Å². The zero-order valence-electron chi connectivity index (χ0n) is 28.7. The number of carbonyl (C=O) groups is 3. The maximum atomic E-state index is 12.0. The minimum atomic E-state index is -0.414. The average Bonchev–Trinajstić information content (AvgIpc) is 3.64. The van der Waals surface area contributed by atoms with Crippen LogP contribution >= 0.6 is 0 Å². The summed E-state index contributed by atoms with van der Waals surface area (Å²) >= 11 is 0. The van der Waals surface area contributed by atoms with Gasteiger partial charge >= 0.3 is 12.2 Å². The van der Waals surface area contributed by atoms with Crippen molar-refractivity contribution >= 4 is 29.3 Å². The minimum absolute atomic E-state index is 0.294. The smallest absolute Gasteiger partial charge is 0.412 e. The second-order valence-electron chi connectivity index (χ2n) is 16.1. The fourth-order valence-corrected chi connectivity index (χ4v) is 10.6. The van der Waals surface area contributed by atoms with Crippen LogP contribution in [0.3, 0.4) is 0 Å². The van der Waals surface area contributed by atoms with Gasteiger partial charge < -0.3 is 19.7 Å². The summed E-state index contributed by atoms with van der Waals surface area (Å²) in [5.74, 6) is 4.05. The molecule has 10 rings (SSSR count). The Morgan fingerprint density at radius 1 is 0.592 bits per heavy atom. The summed E-state index contributed by atoms with van der Waals surface area (Å²) in [6, 6.07) is 16.8. The molecule has 4 bridgehead atoms. The molecule has 262 valence electrons. The van der Waals surface area contributed by atoms with Crippen molar-refractivity contribution < 1.29 is 23.9 Å². The van der Waals surface area contributed by atoms with Crippen LogP contribution in [0, 0.1) is 23.7 Å². The SMILES string of the molecule is O=C1CC2CCC(C1)C2.O=C1Nc2ccccc2C2(CCN(C3CC4CCC(C4)C3)CC2)O1.O=C1Nc2ccccc2C2(CCNCC2)O1. The van der Waals surface area contributed by atoms with Crippen LogP contribution in [-0.2, 0) is 25.5 Å². The maximum Gasteiger partial charge on any atom is 0.412 e. The number of anilines is 2. The quantitative estimate of drug-likeness (QED) is 0.286. The number of amides is 2. The Bertz CT molecular complexity index is 1520. The molecular formula is C40H52N4O5. The topological polar surface area (TPSA) is 109 Å². The van der Waals surface area contributed by atoms with Crippen molar-refractivity contribution in [3.8, 4) is 0 Å². The number of ether oxygens (including phenoxy) is 2. The van der Waals surface area contributed by atoms with Gasteiger partial charge in [-0.25, -0.2) is 9.59 Å². The Hall–Kier alpha value is -3.43. The first-order chi connectivity index (χ1) is 23.9. The maximum absolute atomic E-state index is 12.0. The predicted octanol–water partition coefficient (Wildman–Crippen LogP) is 7.71. The molecule has 8 aliphatic rings. The van der Waals surface area contributed by atoms with Crippen LogP contribution in [0.25, 0.3) is 0 Å². The molecule has 2 saturated heterocycles. The number of likely N-dealkylation sites (tertiary alicyclic amines) is 1. The average molecular weight is 669 g/mol. The second kappa shape index (κ2) is 13.7. The Balaban J connectivity index is 0.000000119. The molecule has 6 fully saturated rings. The molecule has 3 N–H and O–H groups in total. The third kappa shape index (κ3) is 6.85. The molecule has 2 aromatic rings. The normalized spacial score (nSPS) is 31.8. The number of hydrogen-bond donors (Lipinski definition) is 3.